The SMILES string of the molecule is N=C(N)c1ccc(Cl)cc1OC1CCCC1. The Morgan fingerprint density at radius 3 is 2.69 bits per heavy atom. The summed E-state index contributed by atoms with van der Waals surface area (Å²) in [5.74, 6) is 0.650. The molecule has 3 nitrogen and oxygen atoms in total. The zero-order valence-corrected chi connectivity index (χ0v) is 9.76. The van der Waals surface area contributed by atoms with Crippen LogP contribution in [0.4, 0.5) is 0 Å². The van der Waals surface area contributed by atoms with Gasteiger partial charge in [-0.05, 0) is 43.9 Å². The van der Waals surface area contributed by atoms with Gasteiger partial charge in [0.25, 0.3) is 0 Å². The lowest BCUT2D eigenvalue weighted by molar-refractivity contribution is 0.209. The van der Waals surface area contributed by atoms with Crippen LogP contribution >= 0.6 is 11.6 Å². The van der Waals surface area contributed by atoms with E-state index in [2.05, 4.69) is 0 Å². The summed E-state index contributed by atoms with van der Waals surface area (Å²) in [5.41, 5.74) is 6.12. The first-order valence-electron chi connectivity index (χ1n) is 5.47. The van der Waals surface area contributed by atoms with Gasteiger partial charge in [-0.25, -0.2) is 0 Å². The molecule has 1 fully saturated rings. The molecule has 0 saturated heterocycles. The molecular weight excluding hydrogens is 224 g/mol. The second kappa shape index (κ2) is 4.74. The predicted molar refractivity (Wildman–Crippen MR) is 65.4 cm³/mol. The first kappa shape index (κ1) is 11.3. The molecule has 0 bridgehead atoms. The standard InChI is InChI=1S/C12H15ClN2O/c13-8-5-6-10(12(14)15)11(7-8)16-9-3-1-2-4-9/h5-7,9H,1-4H2,(H3,14,15). The molecule has 86 valence electrons. The Hall–Kier alpha value is -1.22. The van der Waals surface area contributed by atoms with Gasteiger partial charge >= 0.3 is 0 Å². The van der Waals surface area contributed by atoms with Crippen molar-refractivity contribution in [3.63, 3.8) is 0 Å². The molecule has 1 aromatic rings. The maximum Gasteiger partial charge on any atom is 0.132 e. The quantitative estimate of drug-likeness (QED) is 0.628. The summed E-state index contributed by atoms with van der Waals surface area (Å²) in [7, 11) is 0. The zero-order chi connectivity index (χ0) is 11.5. The maximum atomic E-state index is 7.48. The first-order valence-corrected chi connectivity index (χ1v) is 5.85. The van der Waals surface area contributed by atoms with Gasteiger partial charge < -0.3 is 10.5 Å². The van der Waals surface area contributed by atoms with Gasteiger partial charge in [0.05, 0.1) is 11.7 Å². The normalized spacial score (nSPS) is 16.3. The summed E-state index contributed by atoms with van der Waals surface area (Å²) in [6, 6.07) is 5.19. The summed E-state index contributed by atoms with van der Waals surface area (Å²) in [4.78, 5) is 0. The van der Waals surface area contributed by atoms with Gasteiger partial charge in [-0.2, -0.15) is 0 Å². The van der Waals surface area contributed by atoms with Gasteiger partial charge in [0.2, 0.25) is 0 Å². The second-order valence-electron chi connectivity index (χ2n) is 4.08. The average Bonchev–Trinajstić information content (AvgIpc) is 2.70. The highest BCUT2D eigenvalue weighted by Gasteiger charge is 2.18. The van der Waals surface area contributed by atoms with Crippen LogP contribution in [0.5, 0.6) is 5.75 Å². The van der Waals surface area contributed by atoms with Crippen molar-refractivity contribution < 1.29 is 4.74 Å². The third-order valence-corrected chi connectivity index (χ3v) is 3.06. The summed E-state index contributed by atoms with van der Waals surface area (Å²) in [5, 5.41) is 8.08. The molecule has 0 spiro atoms. The van der Waals surface area contributed by atoms with E-state index in [1.807, 2.05) is 0 Å². The molecule has 3 N–H and O–H groups in total. The highest BCUT2D eigenvalue weighted by Crippen LogP contribution is 2.28. The van der Waals surface area contributed by atoms with Crippen LogP contribution in [0.2, 0.25) is 5.02 Å². The number of nitrogens with two attached hydrogens (primary N) is 1. The topological polar surface area (TPSA) is 59.1 Å². The third kappa shape index (κ3) is 2.47. The number of amidine groups is 1. The van der Waals surface area contributed by atoms with E-state index < -0.39 is 0 Å². The van der Waals surface area contributed by atoms with Crippen molar-refractivity contribution in [3.8, 4) is 5.75 Å². The molecule has 2 rings (SSSR count). The summed E-state index contributed by atoms with van der Waals surface area (Å²) >= 11 is 5.92. The molecular formula is C12H15ClN2O. The molecule has 1 aliphatic rings. The minimum atomic E-state index is 0.0182. The van der Waals surface area contributed by atoms with Crippen molar-refractivity contribution in [1.29, 1.82) is 5.41 Å². The molecule has 0 atom stereocenters. The van der Waals surface area contributed by atoms with Crippen LogP contribution in [0.25, 0.3) is 0 Å². The zero-order valence-electron chi connectivity index (χ0n) is 9.00. The Morgan fingerprint density at radius 2 is 2.06 bits per heavy atom. The first-order chi connectivity index (χ1) is 7.66. The number of nitrogens with one attached hydrogen (secondary N) is 1. The minimum Gasteiger partial charge on any atom is -0.490 e. The Morgan fingerprint density at radius 1 is 1.38 bits per heavy atom. The monoisotopic (exact) mass is 238 g/mol. The number of halogens is 1. The number of nitrogen functional groups attached to an aromatic ring is 1. The van der Waals surface area contributed by atoms with Gasteiger partial charge in [-0.1, -0.05) is 11.6 Å². The molecule has 1 aromatic carbocycles. The number of benzene rings is 1. The molecule has 0 unspecified atom stereocenters. The fourth-order valence-electron chi connectivity index (χ4n) is 2.00. The van der Waals surface area contributed by atoms with Crippen molar-refractivity contribution >= 4 is 17.4 Å². The molecule has 0 heterocycles. The smallest absolute Gasteiger partial charge is 0.132 e. The summed E-state index contributed by atoms with van der Waals surface area (Å²) in [6.07, 6.45) is 4.81. The van der Waals surface area contributed by atoms with Crippen LogP contribution in [-0.2, 0) is 0 Å². The highest BCUT2D eigenvalue weighted by molar-refractivity contribution is 6.30. The van der Waals surface area contributed by atoms with E-state index in [9.17, 15) is 0 Å². The fourth-order valence-corrected chi connectivity index (χ4v) is 2.16. The van der Waals surface area contributed by atoms with Gasteiger partial charge in [0.15, 0.2) is 0 Å². The van der Waals surface area contributed by atoms with E-state index in [-0.39, 0.29) is 11.9 Å². The van der Waals surface area contributed by atoms with Gasteiger partial charge in [0, 0.05) is 5.02 Å². The van der Waals surface area contributed by atoms with Crippen LogP contribution in [-0.4, -0.2) is 11.9 Å². The van der Waals surface area contributed by atoms with E-state index >= 15 is 0 Å². The summed E-state index contributed by atoms with van der Waals surface area (Å²) in [6.45, 7) is 0. The molecule has 1 saturated carbocycles. The van der Waals surface area contributed by atoms with Crippen molar-refractivity contribution in [3.05, 3.63) is 28.8 Å². The van der Waals surface area contributed by atoms with Crippen molar-refractivity contribution in [2.24, 2.45) is 5.73 Å². The fraction of sp³-hybridized carbons (Fsp3) is 0.417. The van der Waals surface area contributed by atoms with Crippen molar-refractivity contribution in [1.82, 2.24) is 0 Å². The Balaban J connectivity index is 2.22. The largest absolute Gasteiger partial charge is 0.490 e. The van der Waals surface area contributed by atoms with E-state index in [0.29, 0.717) is 16.3 Å². The molecule has 0 aliphatic heterocycles. The van der Waals surface area contributed by atoms with Crippen LogP contribution in [0.3, 0.4) is 0 Å². The van der Waals surface area contributed by atoms with E-state index in [1.165, 1.54) is 12.8 Å². The third-order valence-electron chi connectivity index (χ3n) is 2.83. The molecule has 0 amide bonds. The van der Waals surface area contributed by atoms with Gasteiger partial charge in [-0.15, -0.1) is 0 Å². The number of rotatable bonds is 3. The number of ether oxygens (including phenoxy) is 1. The lowest BCUT2D eigenvalue weighted by Gasteiger charge is -2.16. The van der Waals surface area contributed by atoms with Gasteiger partial charge in [-0.3, -0.25) is 5.41 Å². The van der Waals surface area contributed by atoms with E-state index in [0.717, 1.165) is 12.8 Å². The number of hydrogen-bond donors (Lipinski definition) is 2. The second-order valence-corrected chi connectivity index (χ2v) is 4.51. The molecule has 16 heavy (non-hydrogen) atoms. The van der Waals surface area contributed by atoms with Crippen LogP contribution < -0.4 is 10.5 Å². The molecule has 0 aromatic heterocycles. The van der Waals surface area contributed by atoms with Crippen LogP contribution in [0.15, 0.2) is 18.2 Å². The van der Waals surface area contributed by atoms with Crippen molar-refractivity contribution in [2.45, 2.75) is 31.8 Å². The summed E-state index contributed by atoms with van der Waals surface area (Å²) < 4.78 is 5.84. The lowest BCUT2D eigenvalue weighted by atomic mass is 10.2. The minimum absolute atomic E-state index is 0.0182. The highest BCUT2D eigenvalue weighted by atomic mass is 35.5. The van der Waals surface area contributed by atoms with Gasteiger partial charge in [0.1, 0.15) is 11.6 Å². The lowest BCUT2D eigenvalue weighted by Crippen LogP contribution is -2.17. The Bertz CT molecular complexity index is 400. The molecule has 0 radical (unpaired) electrons. The van der Waals surface area contributed by atoms with E-state index in [1.54, 1.807) is 18.2 Å². The van der Waals surface area contributed by atoms with Crippen LogP contribution in [0, 0.1) is 5.41 Å². The van der Waals surface area contributed by atoms with Crippen LogP contribution in [0.1, 0.15) is 31.2 Å². The van der Waals surface area contributed by atoms with Crippen molar-refractivity contribution in [2.75, 3.05) is 0 Å². The predicted octanol–water partition coefficient (Wildman–Crippen LogP) is 2.95. The molecule has 1 aliphatic carbocycles. The van der Waals surface area contributed by atoms with E-state index in [4.69, 9.17) is 27.5 Å². The Labute approximate surface area is 100 Å². The molecule has 4 heteroatoms. The number of hydrogen-bond acceptors (Lipinski definition) is 2. The Kier molecular flexibility index (Phi) is 3.34. The maximum absolute atomic E-state index is 7.48. The average molecular weight is 239 g/mol.